The van der Waals surface area contributed by atoms with E-state index >= 15 is 0 Å². The molecule has 0 spiro atoms. The molecular formula is C14H23NO3. The Labute approximate surface area is 109 Å². The molecule has 0 aliphatic carbocycles. The van der Waals surface area contributed by atoms with E-state index in [9.17, 15) is 5.11 Å². The normalized spacial score (nSPS) is 12.5. The van der Waals surface area contributed by atoms with Crippen LogP contribution in [0.1, 0.15) is 20.8 Å². The van der Waals surface area contributed by atoms with E-state index in [1.54, 1.807) is 0 Å². The Bertz CT molecular complexity index is 342. The predicted molar refractivity (Wildman–Crippen MR) is 72.3 cm³/mol. The van der Waals surface area contributed by atoms with Crippen molar-refractivity contribution in [3.05, 3.63) is 24.3 Å². The summed E-state index contributed by atoms with van der Waals surface area (Å²) in [5.41, 5.74) is 0. The zero-order valence-corrected chi connectivity index (χ0v) is 11.3. The third-order valence-corrected chi connectivity index (χ3v) is 2.34. The van der Waals surface area contributed by atoms with Gasteiger partial charge >= 0.3 is 0 Å². The summed E-state index contributed by atoms with van der Waals surface area (Å²) >= 11 is 0. The molecule has 18 heavy (non-hydrogen) atoms. The number of aliphatic hydroxyl groups is 1. The summed E-state index contributed by atoms with van der Waals surface area (Å²) in [6, 6.07) is 7.84. The monoisotopic (exact) mass is 253 g/mol. The number of rotatable bonds is 8. The first-order valence-corrected chi connectivity index (χ1v) is 6.39. The van der Waals surface area contributed by atoms with Crippen LogP contribution in [0.15, 0.2) is 24.3 Å². The number of hydrogen-bond donors (Lipinski definition) is 2. The maximum absolute atomic E-state index is 9.75. The lowest BCUT2D eigenvalue weighted by Crippen LogP contribution is -2.35. The summed E-state index contributed by atoms with van der Waals surface area (Å²) in [7, 11) is 0. The topological polar surface area (TPSA) is 50.7 Å². The number of aliphatic hydroxyl groups excluding tert-OH is 1. The Kier molecular flexibility index (Phi) is 6.54. The summed E-state index contributed by atoms with van der Waals surface area (Å²) in [4.78, 5) is 0. The molecule has 1 atom stereocenters. The van der Waals surface area contributed by atoms with Crippen LogP contribution in [0.5, 0.6) is 11.5 Å². The number of benzene rings is 1. The van der Waals surface area contributed by atoms with Gasteiger partial charge in [0.1, 0.15) is 12.7 Å². The molecule has 0 fully saturated rings. The Morgan fingerprint density at radius 1 is 1.17 bits per heavy atom. The lowest BCUT2D eigenvalue weighted by atomic mass is 10.3. The van der Waals surface area contributed by atoms with Gasteiger partial charge in [-0.15, -0.1) is 0 Å². The molecule has 0 amide bonds. The molecule has 0 bridgehead atoms. The first-order valence-electron chi connectivity index (χ1n) is 6.39. The van der Waals surface area contributed by atoms with Gasteiger partial charge in [0.25, 0.3) is 0 Å². The molecule has 0 radical (unpaired) electrons. The second kappa shape index (κ2) is 7.95. The Morgan fingerprint density at radius 3 is 2.33 bits per heavy atom. The Hall–Kier alpha value is -1.26. The molecule has 0 saturated heterocycles. The highest BCUT2D eigenvalue weighted by Crippen LogP contribution is 2.26. The highest BCUT2D eigenvalue weighted by atomic mass is 16.5. The highest BCUT2D eigenvalue weighted by molar-refractivity contribution is 5.39. The molecule has 0 saturated carbocycles. The van der Waals surface area contributed by atoms with Crippen LogP contribution in [0.4, 0.5) is 0 Å². The molecular weight excluding hydrogens is 230 g/mol. The SMILES string of the molecule is CCOc1ccccc1OC[C@H](O)CNC(C)C. The van der Waals surface area contributed by atoms with Crippen molar-refractivity contribution in [3.63, 3.8) is 0 Å². The highest BCUT2D eigenvalue weighted by Gasteiger charge is 2.08. The van der Waals surface area contributed by atoms with Gasteiger partial charge in [-0.25, -0.2) is 0 Å². The van der Waals surface area contributed by atoms with Crippen molar-refractivity contribution in [2.75, 3.05) is 19.8 Å². The van der Waals surface area contributed by atoms with Crippen LogP contribution in [0.3, 0.4) is 0 Å². The second-order valence-corrected chi connectivity index (χ2v) is 4.41. The molecule has 0 aliphatic rings. The maximum atomic E-state index is 9.75. The lowest BCUT2D eigenvalue weighted by Gasteiger charge is -2.16. The zero-order valence-electron chi connectivity index (χ0n) is 11.3. The van der Waals surface area contributed by atoms with Crippen LogP contribution < -0.4 is 14.8 Å². The van der Waals surface area contributed by atoms with Gasteiger partial charge in [-0.1, -0.05) is 26.0 Å². The lowest BCUT2D eigenvalue weighted by molar-refractivity contribution is 0.102. The van der Waals surface area contributed by atoms with E-state index < -0.39 is 6.10 Å². The molecule has 2 N–H and O–H groups in total. The summed E-state index contributed by atoms with van der Waals surface area (Å²) in [5.74, 6) is 1.38. The Balaban J connectivity index is 2.42. The summed E-state index contributed by atoms with van der Waals surface area (Å²) < 4.78 is 11.0. The fourth-order valence-corrected chi connectivity index (χ4v) is 1.46. The van der Waals surface area contributed by atoms with Crippen molar-refractivity contribution in [3.8, 4) is 11.5 Å². The van der Waals surface area contributed by atoms with E-state index in [0.717, 1.165) is 0 Å². The first kappa shape index (κ1) is 14.8. The number of hydrogen-bond acceptors (Lipinski definition) is 4. The van der Waals surface area contributed by atoms with Gasteiger partial charge in [0, 0.05) is 12.6 Å². The van der Waals surface area contributed by atoms with Gasteiger partial charge in [0.15, 0.2) is 11.5 Å². The van der Waals surface area contributed by atoms with E-state index in [0.29, 0.717) is 30.7 Å². The first-order chi connectivity index (χ1) is 8.63. The summed E-state index contributed by atoms with van der Waals surface area (Å²) in [5, 5.41) is 12.9. The maximum Gasteiger partial charge on any atom is 0.161 e. The smallest absolute Gasteiger partial charge is 0.161 e. The minimum absolute atomic E-state index is 0.254. The second-order valence-electron chi connectivity index (χ2n) is 4.41. The van der Waals surface area contributed by atoms with Gasteiger partial charge < -0.3 is 19.9 Å². The standard InChI is InChI=1S/C14H23NO3/c1-4-17-13-7-5-6-8-14(13)18-10-12(16)9-15-11(2)3/h5-8,11-12,15-16H,4,9-10H2,1-3H3/t12-/m1/s1. The van der Waals surface area contributed by atoms with Gasteiger partial charge in [0.2, 0.25) is 0 Å². The molecule has 0 aromatic heterocycles. The minimum Gasteiger partial charge on any atom is -0.490 e. The van der Waals surface area contributed by atoms with Gasteiger partial charge in [0.05, 0.1) is 6.61 Å². The summed E-state index contributed by atoms with van der Waals surface area (Å²) in [6.07, 6.45) is -0.526. The van der Waals surface area contributed by atoms with E-state index in [1.807, 2.05) is 45.0 Å². The van der Waals surface area contributed by atoms with Crippen LogP contribution >= 0.6 is 0 Å². The fraction of sp³-hybridized carbons (Fsp3) is 0.571. The number of nitrogens with one attached hydrogen (secondary N) is 1. The van der Waals surface area contributed by atoms with E-state index in [4.69, 9.17) is 9.47 Å². The van der Waals surface area contributed by atoms with E-state index in [2.05, 4.69) is 5.32 Å². The van der Waals surface area contributed by atoms with Crippen LogP contribution in [-0.2, 0) is 0 Å². The van der Waals surface area contributed by atoms with Crippen molar-refractivity contribution in [2.24, 2.45) is 0 Å². The predicted octanol–water partition coefficient (Wildman–Crippen LogP) is 1.82. The van der Waals surface area contributed by atoms with Crippen molar-refractivity contribution in [2.45, 2.75) is 32.9 Å². The van der Waals surface area contributed by atoms with Gasteiger partial charge in [-0.3, -0.25) is 0 Å². The fourth-order valence-electron chi connectivity index (χ4n) is 1.46. The molecule has 4 heteroatoms. The van der Waals surface area contributed by atoms with Crippen LogP contribution in [0, 0.1) is 0 Å². The zero-order chi connectivity index (χ0) is 13.4. The number of ether oxygens (including phenoxy) is 2. The van der Waals surface area contributed by atoms with E-state index in [-0.39, 0.29) is 6.61 Å². The number of para-hydroxylation sites is 2. The average molecular weight is 253 g/mol. The molecule has 4 nitrogen and oxygen atoms in total. The van der Waals surface area contributed by atoms with Crippen LogP contribution in [-0.4, -0.2) is 37.0 Å². The Morgan fingerprint density at radius 2 is 1.78 bits per heavy atom. The van der Waals surface area contributed by atoms with Crippen molar-refractivity contribution >= 4 is 0 Å². The molecule has 1 aromatic rings. The van der Waals surface area contributed by atoms with Crippen LogP contribution in [0.2, 0.25) is 0 Å². The third kappa shape index (κ3) is 5.38. The van der Waals surface area contributed by atoms with Crippen molar-refractivity contribution in [1.82, 2.24) is 5.32 Å². The minimum atomic E-state index is -0.526. The quantitative estimate of drug-likeness (QED) is 0.742. The molecule has 1 rings (SSSR count). The molecule has 0 heterocycles. The largest absolute Gasteiger partial charge is 0.490 e. The molecule has 0 unspecified atom stereocenters. The molecule has 1 aromatic carbocycles. The van der Waals surface area contributed by atoms with Crippen molar-refractivity contribution < 1.29 is 14.6 Å². The van der Waals surface area contributed by atoms with Gasteiger partial charge in [-0.2, -0.15) is 0 Å². The van der Waals surface area contributed by atoms with E-state index in [1.165, 1.54) is 0 Å². The third-order valence-electron chi connectivity index (χ3n) is 2.34. The average Bonchev–Trinajstić information content (AvgIpc) is 2.35. The van der Waals surface area contributed by atoms with Crippen LogP contribution in [0.25, 0.3) is 0 Å². The van der Waals surface area contributed by atoms with Crippen molar-refractivity contribution in [1.29, 1.82) is 0 Å². The molecule has 102 valence electrons. The molecule has 0 aliphatic heterocycles. The van der Waals surface area contributed by atoms with Gasteiger partial charge in [-0.05, 0) is 19.1 Å². The summed E-state index contributed by atoms with van der Waals surface area (Å²) in [6.45, 7) is 7.38.